The van der Waals surface area contributed by atoms with Crippen molar-refractivity contribution in [2.75, 3.05) is 39.9 Å². The van der Waals surface area contributed by atoms with Crippen LogP contribution in [-0.2, 0) is 24.8 Å². The molecule has 0 saturated carbocycles. The molecule has 3 heterocycles. The van der Waals surface area contributed by atoms with Gasteiger partial charge >= 0.3 is 0 Å². The second-order valence-corrected chi connectivity index (χ2v) is 14.6. The summed E-state index contributed by atoms with van der Waals surface area (Å²) in [5, 5.41) is 24.9. The average molecular weight is 621 g/mol. The van der Waals surface area contributed by atoms with Gasteiger partial charge in [0, 0.05) is 37.1 Å². The first kappa shape index (κ1) is 30.6. The first-order valence-corrected chi connectivity index (χ1v) is 16.7. The fraction of sp³-hybridized carbons (Fsp3) is 0.464. The van der Waals surface area contributed by atoms with E-state index >= 15 is 0 Å². The fourth-order valence-corrected chi connectivity index (χ4v) is 7.71. The number of nitrogens with zero attached hydrogens (tertiary/aromatic N) is 2. The van der Waals surface area contributed by atoms with Crippen molar-refractivity contribution in [3.63, 3.8) is 0 Å². The average Bonchev–Trinajstić information content (AvgIpc) is 3.37. The third-order valence-electron chi connectivity index (χ3n) is 7.89. The van der Waals surface area contributed by atoms with Crippen LogP contribution in [0.2, 0.25) is 0 Å². The number of ether oxygens (including phenoxy) is 2. The summed E-state index contributed by atoms with van der Waals surface area (Å²) in [5.74, 6) is 0.0398. The van der Waals surface area contributed by atoms with Crippen molar-refractivity contribution in [2.24, 2.45) is 0 Å². The van der Waals surface area contributed by atoms with Gasteiger partial charge in [-0.1, -0.05) is 12.1 Å². The molecule has 5 rings (SSSR count). The van der Waals surface area contributed by atoms with Crippen LogP contribution >= 0.6 is 0 Å². The molecule has 2 saturated heterocycles. The maximum atomic E-state index is 13.4. The van der Waals surface area contributed by atoms with E-state index in [-0.39, 0.29) is 47.8 Å². The van der Waals surface area contributed by atoms with Gasteiger partial charge in [0.15, 0.2) is 0 Å². The number of fused-ring (bicyclic) bond motifs is 1. The summed E-state index contributed by atoms with van der Waals surface area (Å²) in [4.78, 5) is 4.14. The molecular weight excluding hydrogens is 584 g/mol. The highest BCUT2D eigenvalue weighted by molar-refractivity contribution is 7.89. The summed E-state index contributed by atoms with van der Waals surface area (Å²) in [6.45, 7) is 3.04. The van der Waals surface area contributed by atoms with E-state index in [2.05, 4.69) is 15.0 Å². The van der Waals surface area contributed by atoms with Crippen molar-refractivity contribution < 1.29 is 36.5 Å². The maximum absolute atomic E-state index is 13.4. The molecule has 2 fully saturated rings. The molecule has 2 unspecified atom stereocenters. The predicted octanol–water partition coefficient (Wildman–Crippen LogP) is 1.50. The Morgan fingerprint density at radius 2 is 1.93 bits per heavy atom. The Labute approximate surface area is 245 Å². The number of aryl methyl sites for hydroxylation is 1. The molecular formula is C28H36N4O8S2. The second kappa shape index (κ2) is 12.0. The number of hydrogen-bond acceptors (Lipinski definition) is 10. The molecule has 0 aliphatic carbocycles. The first-order valence-electron chi connectivity index (χ1n) is 13.7. The molecule has 2 aliphatic heterocycles. The summed E-state index contributed by atoms with van der Waals surface area (Å²) >= 11 is 0. The minimum atomic E-state index is -3.95. The highest BCUT2D eigenvalue weighted by Gasteiger charge is 2.45. The highest BCUT2D eigenvalue weighted by atomic mass is 32.2. The van der Waals surface area contributed by atoms with Crippen LogP contribution in [0.5, 0.6) is 11.5 Å². The Morgan fingerprint density at radius 3 is 2.67 bits per heavy atom. The Bertz CT molecular complexity index is 1660. The van der Waals surface area contributed by atoms with Gasteiger partial charge in [0.2, 0.25) is 20.0 Å². The monoisotopic (exact) mass is 620 g/mol. The smallest absolute Gasteiger partial charge is 0.248 e. The molecule has 4 N–H and O–H groups in total. The van der Waals surface area contributed by atoms with Gasteiger partial charge in [-0.2, -0.15) is 4.31 Å². The Morgan fingerprint density at radius 1 is 1.17 bits per heavy atom. The van der Waals surface area contributed by atoms with E-state index in [1.54, 1.807) is 30.3 Å². The fourth-order valence-electron chi connectivity index (χ4n) is 5.46. The zero-order valence-electron chi connectivity index (χ0n) is 23.5. The third-order valence-corrected chi connectivity index (χ3v) is 11.2. The quantitative estimate of drug-likeness (QED) is 0.261. The molecule has 2 atom stereocenters. The maximum Gasteiger partial charge on any atom is 0.248 e. The van der Waals surface area contributed by atoms with E-state index < -0.39 is 31.8 Å². The molecule has 12 nitrogen and oxygen atoms in total. The zero-order valence-corrected chi connectivity index (χ0v) is 25.1. The number of pyridine rings is 1. The largest absolute Gasteiger partial charge is 0.506 e. The minimum absolute atomic E-state index is 0.0240. The van der Waals surface area contributed by atoms with Gasteiger partial charge in [0.1, 0.15) is 29.1 Å². The molecule has 14 heteroatoms. The summed E-state index contributed by atoms with van der Waals surface area (Å²) in [7, 11) is -6.22. The van der Waals surface area contributed by atoms with Crippen molar-refractivity contribution in [2.45, 2.75) is 53.7 Å². The predicted molar refractivity (Wildman–Crippen MR) is 155 cm³/mol. The molecule has 1 aromatic heterocycles. The number of piperidine rings is 1. The molecule has 0 bridgehead atoms. The van der Waals surface area contributed by atoms with Crippen molar-refractivity contribution in [1.29, 1.82) is 0 Å². The highest BCUT2D eigenvalue weighted by Crippen LogP contribution is 2.39. The molecule has 0 amide bonds. The Balaban J connectivity index is 1.12. The topological polar surface area (TPSA) is 167 Å². The van der Waals surface area contributed by atoms with E-state index in [0.29, 0.717) is 42.5 Å². The van der Waals surface area contributed by atoms with Crippen LogP contribution in [0.4, 0.5) is 0 Å². The summed E-state index contributed by atoms with van der Waals surface area (Å²) < 4.78 is 66.2. The van der Waals surface area contributed by atoms with Crippen molar-refractivity contribution in [1.82, 2.24) is 19.3 Å². The molecule has 1 spiro atoms. The zero-order chi connectivity index (χ0) is 30.1. The third kappa shape index (κ3) is 6.39. The van der Waals surface area contributed by atoms with Crippen molar-refractivity contribution in [3.05, 3.63) is 54.2 Å². The van der Waals surface area contributed by atoms with Crippen LogP contribution in [0.3, 0.4) is 0 Å². The van der Waals surface area contributed by atoms with E-state index in [9.17, 15) is 27.0 Å². The number of hydrogen-bond donors (Lipinski definition) is 4. The molecule has 42 heavy (non-hydrogen) atoms. The van der Waals surface area contributed by atoms with Crippen molar-refractivity contribution in [3.8, 4) is 11.5 Å². The first-order chi connectivity index (χ1) is 19.9. The summed E-state index contributed by atoms with van der Waals surface area (Å²) in [6, 6.07) is 11.3. The standard InChI is InChI=1S/C28H36N4O8S2/c1-19-6-7-24-25(12-19)31-16-26(27(24)34)42(37,38)32-10-8-28(9-11-32)14-20(17-40-28)30-15-21(33)18-39-22-4-3-5-23(13-22)41(35,36)29-2/h3-7,12-13,16,20-21,29-30,33H,8-11,14-15,17-18H2,1-2H3,(H,31,34). The molecule has 0 radical (unpaired) electrons. The Hall–Kier alpha value is -2.85. The van der Waals surface area contributed by atoms with Crippen molar-refractivity contribution >= 4 is 30.9 Å². The van der Waals surface area contributed by atoms with Crippen LogP contribution < -0.4 is 14.8 Å². The number of rotatable bonds is 10. The van der Waals surface area contributed by atoms with Gasteiger partial charge in [-0.05, 0) is 63.1 Å². The lowest BCUT2D eigenvalue weighted by Gasteiger charge is -2.38. The molecule has 3 aromatic rings. The number of benzene rings is 2. The molecule has 2 aliphatic rings. The number of aromatic nitrogens is 1. The van der Waals surface area contributed by atoms with E-state index in [1.807, 2.05) is 6.92 Å². The second-order valence-electron chi connectivity index (χ2n) is 10.8. The van der Waals surface area contributed by atoms with Crippen LogP contribution in [0, 0.1) is 6.92 Å². The van der Waals surface area contributed by atoms with Gasteiger partial charge < -0.3 is 25.0 Å². The van der Waals surface area contributed by atoms with E-state index in [1.165, 1.54) is 29.7 Å². The lowest BCUT2D eigenvalue weighted by Crippen LogP contribution is -2.47. The Kier molecular flexibility index (Phi) is 8.77. The number of nitrogens with one attached hydrogen (secondary N) is 2. The van der Waals surface area contributed by atoms with Gasteiger partial charge in [-0.15, -0.1) is 0 Å². The number of aliphatic hydroxyl groups excluding tert-OH is 1. The SMILES string of the molecule is CNS(=O)(=O)c1cccc(OCC(O)CNC2COC3(CCN(S(=O)(=O)c4cnc5cc(C)ccc5c4O)CC3)C2)c1. The number of sulfonamides is 2. The van der Waals surface area contributed by atoms with Crippen LogP contribution in [0.25, 0.3) is 10.9 Å². The van der Waals surface area contributed by atoms with Crippen LogP contribution in [0.1, 0.15) is 24.8 Å². The minimum Gasteiger partial charge on any atom is -0.506 e. The van der Waals surface area contributed by atoms with E-state index in [0.717, 1.165) is 5.56 Å². The number of aliphatic hydroxyl groups is 1. The lowest BCUT2D eigenvalue weighted by molar-refractivity contribution is -0.0312. The number of aromatic hydroxyl groups is 1. The van der Waals surface area contributed by atoms with Gasteiger partial charge in [-0.3, -0.25) is 4.98 Å². The summed E-state index contributed by atoms with van der Waals surface area (Å²) in [6.07, 6.45) is 2.05. The van der Waals surface area contributed by atoms with Gasteiger partial charge in [0.25, 0.3) is 0 Å². The van der Waals surface area contributed by atoms with Crippen LogP contribution in [-0.4, -0.2) is 94.0 Å². The normalized spacial score (nSPS) is 20.2. The molecule has 228 valence electrons. The van der Waals surface area contributed by atoms with Gasteiger partial charge in [-0.25, -0.2) is 21.6 Å². The summed E-state index contributed by atoms with van der Waals surface area (Å²) in [5.41, 5.74) is 1.03. The van der Waals surface area contributed by atoms with Crippen LogP contribution in [0.15, 0.2) is 58.5 Å². The lowest BCUT2D eigenvalue weighted by atomic mass is 9.88. The van der Waals surface area contributed by atoms with E-state index in [4.69, 9.17) is 9.47 Å². The van der Waals surface area contributed by atoms with Gasteiger partial charge in [0.05, 0.1) is 28.8 Å². The molecule has 2 aromatic carbocycles.